The van der Waals surface area contributed by atoms with E-state index in [-0.39, 0.29) is 4.90 Å². The van der Waals surface area contributed by atoms with Gasteiger partial charge in [-0.15, -0.1) is 0 Å². The minimum absolute atomic E-state index is 0.231. The van der Waals surface area contributed by atoms with Crippen molar-refractivity contribution in [2.24, 2.45) is 0 Å². The Balaban J connectivity index is 1.88. The minimum Gasteiger partial charge on any atom is -0.443 e. The Morgan fingerprint density at radius 1 is 1.09 bits per heavy atom. The summed E-state index contributed by atoms with van der Waals surface area (Å²) in [6.45, 7) is 4.13. The molecule has 3 aromatic rings. The smallest absolute Gasteiger partial charge is 0.261 e. The van der Waals surface area contributed by atoms with E-state index in [0.29, 0.717) is 22.7 Å². The van der Waals surface area contributed by atoms with E-state index in [1.807, 2.05) is 12.1 Å². The van der Waals surface area contributed by atoms with Crippen molar-refractivity contribution in [3.63, 3.8) is 0 Å². The molecule has 3 rings (SSSR count). The molecule has 0 fully saturated rings. The number of hydrogen-bond donors (Lipinski definition) is 1. The number of fused-ring (bicyclic) bond motifs is 1. The fourth-order valence-electron chi connectivity index (χ4n) is 2.16. The zero-order chi connectivity index (χ0) is 15.7. The predicted molar refractivity (Wildman–Crippen MR) is 85.3 cm³/mol. The van der Waals surface area contributed by atoms with Gasteiger partial charge >= 0.3 is 0 Å². The third-order valence-corrected chi connectivity index (χ3v) is 4.84. The number of anilines is 1. The highest BCUT2D eigenvalue weighted by Crippen LogP contribution is 2.22. The van der Waals surface area contributed by atoms with E-state index >= 15 is 0 Å². The normalized spacial score (nSPS) is 12.0. The van der Waals surface area contributed by atoms with E-state index in [4.69, 9.17) is 4.42 Å². The first kappa shape index (κ1) is 14.6. The van der Waals surface area contributed by atoms with Crippen LogP contribution in [0.2, 0.25) is 0 Å². The largest absolute Gasteiger partial charge is 0.443 e. The molecule has 1 heterocycles. The van der Waals surface area contributed by atoms with E-state index < -0.39 is 10.0 Å². The molecule has 0 aliphatic rings. The molecule has 5 nitrogen and oxygen atoms in total. The van der Waals surface area contributed by atoms with Gasteiger partial charge in [0.25, 0.3) is 10.0 Å². The number of benzene rings is 2. The number of oxazole rings is 1. The lowest BCUT2D eigenvalue weighted by Crippen LogP contribution is -2.12. The summed E-state index contributed by atoms with van der Waals surface area (Å²) in [7, 11) is -3.62. The Bertz CT molecular complexity index is 897. The molecule has 0 spiro atoms. The van der Waals surface area contributed by atoms with Crippen LogP contribution in [0.4, 0.5) is 5.69 Å². The van der Waals surface area contributed by atoms with Crippen LogP contribution in [-0.4, -0.2) is 13.4 Å². The number of sulfonamides is 1. The highest BCUT2D eigenvalue weighted by Gasteiger charge is 2.15. The maximum atomic E-state index is 12.4. The van der Waals surface area contributed by atoms with E-state index in [9.17, 15) is 8.42 Å². The van der Waals surface area contributed by atoms with Crippen molar-refractivity contribution in [3.05, 3.63) is 54.4 Å². The number of aromatic nitrogens is 1. The zero-order valence-electron chi connectivity index (χ0n) is 12.3. The quantitative estimate of drug-likeness (QED) is 0.795. The summed E-state index contributed by atoms with van der Waals surface area (Å²) in [5.74, 6) is 0.360. The van der Waals surface area contributed by atoms with E-state index in [0.717, 1.165) is 5.56 Å². The molecule has 1 aromatic heterocycles. The van der Waals surface area contributed by atoms with Crippen molar-refractivity contribution in [3.8, 4) is 0 Å². The maximum Gasteiger partial charge on any atom is 0.261 e. The van der Waals surface area contributed by atoms with Crippen LogP contribution in [0.25, 0.3) is 11.1 Å². The summed E-state index contributed by atoms with van der Waals surface area (Å²) in [5, 5.41) is 0. The molecule has 0 amide bonds. The lowest BCUT2D eigenvalue weighted by Gasteiger charge is -2.10. The molecule has 0 saturated heterocycles. The van der Waals surface area contributed by atoms with Gasteiger partial charge < -0.3 is 4.42 Å². The standard InChI is InChI=1S/C16H16N2O3S/c1-11(2)12-3-6-14(7-4-12)22(19,20)18-13-5-8-15-16(9-13)21-10-17-15/h3-11,18H,1-2H3. The Morgan fingerprint density at radius 2 is 1.82 bits per heavy atom. The zero-order valence-corrected chi connectivity index (χ0v) is 13.1. The van der Waals surface area contributed by atoms with Gasteiger partial charge in [0.1, 0.15) is 5.52 Å². The first-order valence-corrected chi connectivity index (χ1v) is 8.40. The van der Waals surface area contributed by atoms with Gasteiger partial charge in [-0.25, -0.2) is 13.4 Å². The molecule has 2 aromatic carbocycles. The van der Waals surface area contributed by atoms with E-state index in [1.165, 1.54) is 6.39 Å². The Kier molecular flexibility index (Phi) is 3.62. The average Bonchev–Trinajstić information content (AvgIpc) is 2.94. The number of hydrogen-bond acceptors (Lipinski definition) is 4. The van der Waals surface area contributed by atoms with Gasteiger partial charge in [0.05, 0.1) is 10.6 Å². The van der Waals surface area contributed by atoms with E-state index in [1.54, 1.807) is 30.3 Å². The molecule has 6 heteroatoms. The summed E-state index contributed by atoms with van der Waals surface area (Å²) in [4.78, 5) is 4.23. The summed E-state index contributed by atoms with van der Waals surface area (Å²) >= 11 is 0. The van der Waals surface area contributed by atoms with Crippen LogP contribution < -0.4 is 4.72 Å². The molecular weight excluding hydrogens is 300 g/mol. The first-order valence-electron chi connectivity index (χ1n) is 6.92. The topological polar surface area (TPSA) is 72.2 Å². The molecule has 22 heavy (non-hydrogen) atoms. The molecule has 1 N–H and O–H groups in total. The summed E-state index contributed by atoms with van der Waals surface area (Å²) in [6.07, 6.45) is 1.33. The molecule has 0 atom stereocenters. The first-order chi connectivity index (χ1) is 10.5. The van der Waals surface area contributed by atoms with Crippen LogP contribution >= 0.6 is 0 Å². The van der Waals surface area contributed by atoms with Crippen LogP contribution in [0.1, 0.15) is 25.3 Å². The van der Waals surface area contributed by atoms with Gasteiger partial charge in [0.15, 0.2) is 12.0 Å². The van der Waals surface area contributed by atoms with Gasteiger partial charge in [-0.3, -0.25) is 4.72 Å². The van der Waals surface area contributed by atoms with Crippen molar-refractivity contribution in [2.45, 2.75) is 24.7 Å². The van der Waals surface area contributed by atoms with Crippen molar-refractivity contribution in [1.82, 2.24) is 4.98 Å². The number of rotatable bonds is 4. The molecule has 0 radical (unpaired) electrons. The monoisotopic (exact) mass is 316 g/mol. The van der Waals surface area contributed by atoms with Crippen LogP contribution in [0.5, 0.6) is 0 Å². The lowest BCUT2D eigenvalue weighted by molar-refractivity contribution is 0.601. The molecule has 0 aliphatic heterocycles. The molecule has 0 aliphatic carbocycles. The summed E-state index contributed by atoms with van der Waals surface area (Å²) in [5.41, 5.74) is 2.76. The van der Waals surface area contributed by atoms with Crippen molar-refractivity contribution < 1.29 is 12.8 Å². The fraction of sp³-hybridized carbons (Fsp3) is 0.188. The van der Waals surface area contributed by atoms with E-state index in [2.05, 4.69) is 23.6 Å². The maximum absolute atomic E-state index is 12.4. The van der Waals surface area contributed by atoms with Crippen molar-refractivity contribution in [1.29, 1.82) is 0 Å². The molecule has 114 valence electrons. The highest BCUT2D eigenvalue weighted by molar-refractivity contribution is 7.92. The van der Waals surface area contributed by atoms with Gasteiger partial charge in [0.2, 0.25) is 0 Å². The second-order valence-electron chi connectivity index (χ2n) is 5.36. The fourth-order valence-corrected chi connectivity index (χ4v) is 3.21. The summed E-state index contributed by atoms with van der Waals surface area (Å²) < 4.78 is 32.5. The van der Waals surface area contributed by atoms with Gasteiger partial charge in [-0.05, 0) is 35.7 Å². The van der Waals surface area contributed by atoms with Crippen LogP contribution in [0, 0.1) is 0 Å². The van der Waals surface area contributed by atoms with Crippen LogP contribution in [0.15, 0.2) is 58.2 Å². The van der Waals surface area contributed by atoms with Gasteiger partial charge in [0, 0.05) is 6.07 Å². The SMILES string of the molecule is CC(C)c1ccc(S(=O)(=O)Nc2ccc3ncoc3c2)cc1. The second-order valence-corrected chi connectivity index (χ2v) is 7.05. The third kappa shape index (κ3) is 2.82. The number of nitrogens with zero attached hydrogens (tertiary/aromatic N) is 1. The predicted octanol–water partition coefficient (Wildman–Crippen LogP) is 3.75. The highest BCUT2D eigenvalue weighted by atomic mass is 32.2. The second kappa shape index (κ2) is 5.46. The van der Waals surface area contributed by atoms with Gasteiger partial charge in [-0.1, -0.05) is 26.0 Å². The lowest BCUT2D eigenvalue weighted by atomic mass is 10.0. The molecule has 0 unspecified atom stereocenters. The van der Waals surface area contributed by atoms with Crippen molar-refractivity contribution in [2.75, 3.05) is 4.72 Å². The Hall–Kier alpha value is -2.34. The van der Waals surface area contributed by atoms with Crippen molar-refractivity contribution >= 4 is 26.8 Å². The summed E-state index contributed by atoms with van der Waals surface area (Å²) in [6, 6.07) is 11.9. The molecule has 0 saturated carbocycles. The Labute approximate surface area is 129 Å². The number of nitrogens with one attached hydrogen (secondary N) is 1. The minimum atomic E-state index is -3.62. The average molecular weight is 316 g/mol. The third-order valence-electron chi connectivity index (χ3n) is 3.44. The van der Waals surface area contributed by atoms with Crippen LogP contribution in [0.3, 0.4) is 0 Å². The molecule has 0 bridgehead atoms. The van der Waals surface area contributed by atoms with Crippen LogP contribution in [-0.2, 0) is 10.0 Å². The van der Waals surface area contributed by atoms with Gasteiger partial charge in [-0.2, -0.15) is 0 Å². The Morgan fingerprint density at radius 3 is 2.50 bits per heavy atom. The molecular formula is C16H16N2O3S.